The first kappa shape index (κ1) is 7.27. The SMILES string of the molecule is O=C1CC2(CN1)CC(=O)OC2=O. The van der Waals surface area contributed by atoms with Gasteiger partial charge in [-0.1, -0.05) is 0 Å². The number of rotatable bonds is 0. The fourth-order valence-electron chi connectivity index (χ4n) is 1.57. The van der Waals surface area contributed by atoms with Crippen LogP contribution in [-0.2, 0) is 19.1 Å². The second-order valence-corrected chi connectivity index (χ2v) is 3.17. The standard InChI is InChI=1S/C7H7NO4/c9-4-1-7(3-8-4)2-5(10)12-6(7)11/h1-3H2,(H,8,9). The van der Waals surface area contributed by atoms with Crippen LogP contribution >= 0.6 is 0 Å². The van der Waals surface area contributed by atoms with Crippen LogP contribution in [0.15, 0.2) is 0 Å². The lowest BCUT2D eigenvalue weighted by Crippen LogP contribution is -2.28. The van der Waals surface area contributed by atoms with E-state index in [0.29, 0.717) is 0 Å². The number of carbonyl (C=O) groups is 3. The lowest BCUT2D eigenvalue weighted by Gasteiger charge is -2.11. The van der Waals surface area contributed by atoms with E-state index in [4.69, 9.17) is 0 Å². The molecule has 5 nitrogen and oxygen atoms in total. The molecule has 0 bridgehead atoms. The summed E-state index contributed by atoms with van der Waals surface area (Å²) in [7, 11) is 0. The minimum atomic E-state index is -0.881. The minimum Gasteiger partial charge on any atom is -0.393 e. The van der Waals surface area contributed by atoms with Gasteiger partial charge >= 0.3 is 11.9 Å². The van der Waals surface area contributed by atoms with Crippen molar-refractivity contribution in [1.82, 2.24) is 5.32 Å². The van der Waals surface area contributed by atoms with Crippen LogP contribution in [0.25, 0.3) is 0 Å². The summed E-state index contributed by atoms with van der Waals surface area (Å²) in [5, 5.41) is 2.51. The molecule has 1 atom stereocenters. The normalized spacial score (nSPS) is 34.2. The summed E-state index contributed by atoms with van der Waals surface area (Å²) in [6.45, 7) is 0.233. The Morgan fingerprint density at radius 3 is 2.42 bits per heavy atom. The number of nitrogens with one attached hydrogen (secondary N) is 1. The molecule has 0 radical (unpaired) electrons. The third-order valence-corrected chi connectivity index (χ3v) is 2.25. The van der Waals surface area contributed by atoms with E-state index in [9.17, 15) is 14.4 Å². The van der Waals surface area contributed by atoms with E-state index in [1.807, 2.05) is 0 Å². The predicted octanol–water partition coefficient (Wildman–Crippen LogP) is -1.03. The zero-order valence-electron chi connectivity index (χ0n) is 6.25. The highest BCUT2D eigenvalue weighted by molar-refractivity contribution is 6.01. The van der Waals surface area contributed by atoms with Crippen molar-refractivity contribution in [3.05, 3.63) is 0 Å². The number of hydrogen-bond donors (Lipinski definition) is 1. The molecule has 1 N–H and O–H groups in total. The molecule has 1 unspecified atom stereocenters. The highest BCUT2D eigenvalue weighted by Crippen LogP contribution is 2.36. The van der Waals surface area contributed by atoms with Crippen LogP contribution in [-0.4, -0.2) is 24.4 Å². The Balaban J connectivity index is 2.27. The zero-order chi connectivity index (χ0) is 8.77. The molecule has 2 rings (SSSR count). The lowest BCUT2D eigenvalue weighted by atomic mass is 9.86. The Hall–Kier alpha value is -1.39. The Bertz CT molecular complexity index is 281. The van der Waals surface area contributed by atoms with Gasteiger partial charge < -0.3 is 10.1 Å². The molecule has 2 fully saturated rings. The van der Waals surface area contributed by atoms with E-state index in [-0.39, 0.29) is 25.3 Å². The number of esters is 2. The molecule has 64 valence electrons. The van der Waals surface area contributed by atoms with Crippen LogP contribution in [0.1, 0.15) is 12.8 Å². The van der Waals surface area contributed by atoms with Crippen molar-refractivity contribution in [3.8, 4) is 0 Å². The maximum absolute atomic E-state index is 11.1. The molecule has 12 heavy (non-hydrogen) atoms. The van der Waals surface area contributed by atoms with Crippen LogP contribution in [0, 0.1) is 5.41 Å². The fraction of sp³-hybridized carbons (Fsp3) is 0.571. The maximum atomic E-state index is 11.1. The highest BCUT2D eigenvalue weighted by atomic mass is 16.6. The van der Waals surface area contributed by atoms with Gasteiger partial charge in [0.15, 0.2) is 0 Å². The van der Waals surface area contributed by atoms with E-state index in [2.05, 4.69) is 10.1 Å². The molecule has 2 aliphatic rings. The van der Waals surface area contributed by atoms with Crippen molar-refractivity contribution >= 4 is 17.8 Å². The predicted molar refractivity (Wildman–Crippen MR) is 35.8 cm³/mol. The van der Waals surface area contributed by atoms with Crippen molar-refractivity contribution in [3.63, 3.8) is 0 Å². The largest absolute Gasteiger partial charge is 0.393 e. The van der Waals surface area contributed by atoms with Crippen molar-refractivity contribution in [2.24, 2.45) is 5.41 Å². The van der Waals surface area contributed by atoms with Crippen molar-refractivity contribution in [2.75, 3.05) is 6.54 Å². The molecule has 2 heterocycles. The summed E-state index contributed by atoms with van der Waals surface area (Å²) in [4.78, 5) is 32.7. The lowest BCUT2D eigenvalue weighted by molar-refractivity contribution is -0.155. The number of ether oxygens (including phenoxy) is 1. The summed E-state index contributed by atoms with van der Waals surface area (Å²) in [5.74, 6) is -1.29. The molecule has 0 aliphatic carbocycles. The van der Waals surface area contributed by atoms with Crippen molar-refractivity contribution in [1.29, 1.82) is 0 Å². The van der Waals surface area contributed by atoms with Crippen LogP contribution < -0.4 is 5.32 Å². The minimum absolute atomic E-state index is 0.0323. The van der Waals surface area contributed by atoms with Gasteiger partial charge in [0.05, 0.1) is 6.42 Å². The third kappa shape index (κ3) is 0.823. The molecule has 0 aromatic heterocycles. The first-order chi connectivity index (χ1) is 5.62. The highest BCUT2D eigenvalue weighted by Gasteiger charge is 2.53. The van der Waals surface area contributed by atoms with Crippen LogP contribution in [0.4, 0.5) is 0 Å². The average Bonchev–Trinajstić information content (AvgIpc) is 2.43. The van der Waals surface area contributed by atoms with Gasteiger partial charge in [-0.15, -0.1) is 0 Å². The Kier molecular flexibility index (Phi) is 1.25. The summed E-state index contributed by atoms with van der Waals surface area (Å²) < 4.78 is 4.38. The topological polar surface area (TPSA) is 72.5 Å². The second-order valence-electron chi connectivity index (χ2n) is 3.17. The summed E-state index contributed by atoms with van der Waals surface area (Å²) in [5.41, 5.74) is -0.881. The average molecular weight is 169 g/mol. The van der Waals surface area contributed by atoms with Crippen LogP contribution in [0.2, 0.25) is 0 Å². The van der Waals surface area contributed by atoms with E-state index in [1.54, 1.807) is 0 Å². The molecule has 0 saturated carbocycles. The Morgan fingerprint density at radius 2 is 2.00 bits per heavy atom. The molecule has 2 aliphatic heterocycles. The fourth-order valence-corrected chi connectivity index (χ4v) is 1.57. The summed E-state index contributed by atoms with van der Waals surface area (Å²) in [6.07, 6.45) is 0.113. The van der Waals surface area contributed by atoms with Gasteiger partial charge in [0.25, 0.3) is 0 Å². The number of carbonyl (C=O) groups excluding carboxylic acids is 3. The van der Waals surface area contributed by atoms with Crippen LogP contribution in [0.3, 0.4) is 0 Å². The van der Waals surface area contributed by atoms with Crippen molar-refractivity contribution in [2.45, 2.75) is 12.8 Å². The molecule has 5 heteroatoms. The molecule has 0 aromatic carbocycles. The van der Waals surface area contributed by atoms with Crippen LogP contribution in [0.5, 0.6) is 0 Å². The van der Waals surface area contributed by atoms with E-state index < -0.39 is 17.4 Å². The van der Waals surface area contributed by atoms with Gasteiger partial charge in [0.2, 0.25) is 5.91 Å². The molecule has 1 spiro atoms. The number of hydrogen-bond acceptors (Lipinski definition) is 4. The molecule has 0 aromatic rings. The van der Waals surface area contributed by atoms with Crippen molar-refractivity contribution < 1.29 is 19.1 Å². The Labute approximate surface area is 68.1 Å². The van der Waals surface area contributed by atoms with Gasteiger partial charge in [0, 0.05) is 13.0 Å². The van der Waals surface area contributed by atoms with Gasteiger partial charge in [-0.3, -0.25) is 14.4 Å². The zero-order valence-corrected chi connectivity index (χ0v) is 6.25. The Morgan fingerprint density at radius 1 is 1.25 bits per heavy atom. The molecule has 2 saturated heterocycles. The van der Waals surface area contributed by atoms with Gasteiger partial charge in [-0.05, 0) is 0 Å². The first-order valence-corrected chi connectivity index (χ1v) is 3.64. The number of amides is 1. The first-order valence-electron chi connectivity index (χ1n) is 3.64. The van der Waals surface area contributed by atoms with E-state index in [1.165, 1.54) is 0 Å². The van der Waals surface area contributed by atoms with Gasteiger partial charge in [0.1, 0.15) is 5.41 Å². The van der Waals surface area contributed by atoms with Gasteiger partial charge in [-0.25, -0.2) is 0 Å². The maximum Gasteiger partial charge on any atom is 0.322 e. The summed E-state index contributed by atoms with van der Waals surface area (Å²) in [6, 6.07) is 0. The third-order valence-electron chi connectivity index (χ3n) is 2.25. The van der Waals surface area contributed by atoms with E-state index in [0.717, 1.165) is 0 Å². The van der Waals surface area contributed by atoms with E-state index >= 15 is 0 Å². The monoisotopic (exact) mass is 169 g/mol. The molecular weight excluding hydrogens is 162 g/mol. The second kappa shape index (κ2) is 2.06. The summed E-state index contributed by atoms with van der Waals surface area (Å²) >= 11 is 0. The molecular formula is C7H7NO4. The molecule has 1 amide bonds. The quantitative estimate of drug-likeness (QED) is 0.371. The van der Waals surface area contributed by atoms with Gasteiger partial charge in [-0.2, -0.15) is 0 Å². The smallest absolute Gasteiger partial charge is 0.322 e. The number of cyclic esters (lactones) is 2.